The molecule has 0 aliphatic heterocycles. The van der Waals surface area contributed by atoms with Gasteiger partial charge in [-0.05, 0) is 40.6 Å². The van der Waals surface area contributed by atoms with Crippen molar-refractivity contribution in [1.29, 1.82) is 0 Å². The van der Waals surface area contributed by atoms with Gasteiger partial charge in [-0.25, -0.2) is 0 Å². The quantitative estimate of drug-likeness (QED) is 0.454. The minimum Gasteiger partial charge on any atom is -0.0698 e. The van der Waals surface area contributed by atoms with Gasteiger partial charge in [-0.2, -0.15) is 0 Å². The Morgan fingerprint density at radius 3 is 2.80 bits per heavy atom. The molecular formula is C9H9I. The molecule has 0 amide bonds. The molecule has 1 saturated carbocycles. The summed E-state index contributed by atoms with van der Waals surface area (Å²) in [6.07, 6.45) is 6.50. The molecule has 0 aromatic carbocycles. The standard InChI is InChI=1S/C9H9I/c10-2-1-7-3-8-5-9(4-7)6-8/h3,8-9H,4-6H2. The van der Waals surface area contributed by atoms with Crippen LogP contribution < -0.4 is 0 Å². The summed E-state index contributed by atoms with van der Waals surface area (Å²) in [5, 5.41) is 0. The second-order valence-electron chi connectivity index (χ2n) is 3.21. The van der Waals surface area contributed by atoms with Crippen molar-refractivity contribution in [2.24, 2.45) is 11.8 Å². The van der Waals surface area contributed by atoms with Crippen molar-refractivity contribution >= 4 is 22.6 Å². The van der Waals surface area contributed by atoms with E-state index in [2.05, 4.69) is 38.5 Å². The Balaban J connectivity index is 2.14. The summed E-state index contributed by atoms with van der Waals surface area (Å²) in [6, 6.07) is 0. The van der Waals surface area contributed by atoms with E-state index in [0.717, 1.165) is 11.8 Å². The van der Waals surface area contributed by atoms with Gasteiger partial charge in [0.1, 0.15) is 0 Å². The molecule has 0 heterocycles. The van der Waals surface area contributed by atoms with Crippen LogP contribution in [0.5, 0.6) is 0 Å². The largest absolute Gasteiger partial charge is 0.0698 e. The van der Waals surface area contributed by atoms with Crippen molar-refractivity contribution in [1.82, 2.24) is 0 Å². The van der Waals surface area contributed by atoms with Gasteiger partial charge < -0.3 is 0 Å². The summed E-state index contributed by atoms with van der Waals surface area (Å²) in [4.78, 5) is 0. The molecule has 0 saturated heterocycles. The van der Waals surface area contributed by atoms with E-state index in [0.29, 0.717) is 0 Å². The zero-order valence-corrected chi connectivity index (χ0v) is 7.89. The van der Waals surface area contributed by atoms with Gasteiger partial charge in [-0.1, -0.05) is 12.0 Å². The van der Waals surface area contributed by atoms with Crippen LogP contribution in [0.25, 0.3) is 0 Å². The fourth-order valence-corrected chi connectivity index (χ4v) is 2.25. The summed E-state index contributed by atoms with van der Waals surface area (Å²) >= 11 is 2.11. The molecule has 3 aliphatic carbocycles. The van der Waals surface area contributed by atoms with Crippen LogP contribution in [0.1, 0.15) is 19.3 Å². The van der Waals surface area contributed by atoms with Crippen LogP contribution in [-0.2, 0) is 0 Å². The summed E-state index contributed by atoms with van der Waals surface area (Å²) in [6.45, 7) is 0. The lowest BCUT2D eigenvalue weighted by molar-refractivity contribution is 0.220. The van der Waals surface area contributed by atoms with Crippen molar-refractivity contribution in [3.63, 3.8) is 0 Å². The van der Waals surface area contributed by atoms with E-state index in [1.807, 2.05) is 0 Å². The smallest absolute Gasteiger partial charge is 0.0185 e. The number of hydrogen-bond donors (Lipinski definition) is 0. The predicted molar refractivity (Wildman–Crippen MR) is 50.7 cm³/mol. The molecule has 10 heavy (non-hydrogen) atoms. The highest BCUT2D eigenvalue weighted by atomic mass is 127. The van der Waals surface area contributed by atoms with E-state index in [1.165, 1.54) is 24.8 Å². The normalized spacial score (nSPS) is 35.1. The van der Waals surface area contributed by atoms with Crippen LogP contribution in [0.15, 0.2) is 11.6 Å². The molecule has 0 aromatic rings. The number of hydrogen-bond acceptors (Lipinski definition) is 0. The molecule has 3 rings (SSSR count). The first-order valence-corrected chi connectivity index (χ1v) is 4.78. The maximum Gasteiger partial charge on any atom is 0.0185 e. The first-order valence-electron chi connectivity index (χ1n) is 3.71. The second kappa shape index (κ2) is 2.58. The van der Waals surface area contributed by atoms with Crippen molar-refractivity contribution in [3.8, 4) is 9.85 Å². The molecule has 0 aromatic heterocycles. The molecule has 3 aliphatic rings. The Bertz CT molecular complexity index is 223. The van der Waals surface area contributed by atoms with Crippen molar-refractivity contribution < 1.29 is 0 Å². The topological polar surface area (TPSA) is 0 Å². The maximum absolute atomic E-state index is 3.14. The molecule has 1 fully saturated rings. The van der Waals surface area contributed by atoms with E-state index in [9.17, 15) is 0 Å². The van der Waals surface area contributed by atoms with Gasteiger partial charge in [0.2, 0.25) is 0 Å². The predicted octanol–water partition coefficient (Wildman–Crippen LogP) is 2.74. The van der Waals surface area contributed by atoms with Crippen molar-refractivity contribution in [3.05, 3.63) is 11.6 Å². The van der Waals surface area contributed by atoms with Gasteiger partial charge in [0, 0.05) is 22.6 Å². The summed E-state index contributed by atoms with van der Waals surface area (Å²) in [7, 11) is 0. The lowest BCUT2D eigenvalue weighted by atomic mass is 9.67. The van der Waals surface area contributed by atoms with Crippen LogP contribution in [0, 0.1) is 21.7 Å². The van der Waals surface area contributed by atoms with Crippen LogP contribution in [0.2, 0.25) is 0 Å². The number of fused-ring (bicyclic) bond motifs is 1. The minimum atomic E-state index is 0.894. The molecule has 0 radical (unpaired) electrons. The highest BCUT2D eigenvalue weighted by Crippen LogP contribution is 2.43. The lowest BCUT2D eigenvalue weighted by Gasteiger charge is -2.38. The van der Waals surface area contributed by atoms with E-state index >= 15 is 0 Å². The van der Waals surface area contributed by atoms with Gasteiger partial charge in [0.25, 0.3) is 0 Å². The second-order valence-corrected chi connectivity index (χ2v) is 3.75. The fraction of sp³-hybridized carbons (Fsp3) is 0.556. The van der Waals surface area contributed by atoms with Crippen LogP contribution in [0.3, 0.4) is 0 Å². The monoisotopic (exact) mass is 244 g/mol. The third-order valence-electron chi connectivity index (χ3n) is 2.43. The average molecular weight is 244 g/mol. The van der Waals surface area contributed by atoms with Crippen molar-refractivity contribution in [2.75, 3.05) is 0 Å². The number of allylic oxidation sites excluding steroid dienone is 2. The summed E-state index contributed by atoms with van der Waals surface area (Å²) in [5.41, 5.74) is 1.39. The Morgan fingerprint density at radius 1 is 1.50 bits per heavy atom. The SMILES string of the molecule is IC#CC1=CC2CC(C1)C2. The molecule has 1 heteroatoms. The van der Waals surface area contributed by atoms with Crippen LogP contribution in [-0.4, -0.2) is 0 Å². The Labute approximate surface area is 75.2 Å². The maximum atomic E-state index is 3.14. The molecule has 0 atom stereocenters. The number of halogens is 1. The third kappa shape index (κ3) is 1.10. The molecule has 2 bridgehead atoms. The highest BCUT2D eigenvalue weighted by Gasteiger charge is 2.32. The Hall–Kier alpha value is 0.0300. The molecule has 0 N–H and O–H groups in total. The van der Waals surface area contributed by atoms with E-state index in [1.54, 1.807) is 0 Å². The van der Waals surface area contributed by atoms with Gasteiger partial charge in [-0.15, -0.1) is 0 Å². The third-order valence-corrected chi connectivity index (χ3v) is 2.70. The van der Waals surface area contributed by atoms with E-state index < -0.39 is 0 Å². The molecule has 0 unspecified atom stereocenters. The van der Waals surface area contributed by atoms with Gasteiger partial charge in [-0.3, -0.25) is 0 Å². The Kier molecular flexibility index (Phi) is 1.73. The van der Waals surface area contributed by atoms with Gasteiger partial charge in [0.05, 0.1) is 0 Å². The zero-order chi connectivity index (χ0) is 6.97. The first-order chi connectivity index (χ1) is 4.88. The molecular weight excluding hydrogens is 235 g/mol. The van der Waals surface area contributed by atoms with Gasteiger partial charge >= 0.3 is 0 Å². The highest BCUT2D eigenvalue weighted by molar-refractivity contribution is 14.1. The molecule has 0 spiro atoms. The van der Waals surface area contributed by atoms with Crippen LogP contribution in [0.4, 0.5) is 0 Å². The molecule has 0 nitrogen and oxygen atoms in total. The summed E-state index contributed by atoms with van der Waals surface area (Å²) in [5.74, 6) is 5.03. The van der Waals surface area contributed by atoms with Crippen LogP contribution >= 0.6 is 22.6 Å². The number of rotatable bonds is 0. The molecule has 52 valence electrons. The fourth-order valence-electron chi connectivity index (χ4n) is 1.91. The lowest BCUT2D eigenvalue weighted by Crippen LogP contribution is -2.26. The first kappa shape index (κ1) is 6.72. The minimum absolute atomic E-state index is 0.894. The Morgan fingerprint density at radius 2 is 2.30 bits per heavy atom. The average Bonchev–Trinajstić information content (AvgIpc) is 1.87. The zero-order valence-electron chi connectivity index (χ0n) is 5.73. The van der Waals surface area contributed by atoms with E-state index in [-0.39, 0.29) is 0 Å². The van der Waals surface area contributed by atoms with Crippen molar-refractivity contribution in [2.45, 2.75) is 19.3 Å². The van der Waals surface area contributed by atoms with E-state index in [4.69, 9.17) is 0 Å². The summed E-state index contributed by atoms with van der Waals surface area (Å²) < 4.78 is 2.93. The van der Waals surface area contributed by atoms with Gasteiger partial charge in [0.15, 0.2) is 0 Å².